The van der Waals surface area contributed by atoms with Gasteiger partial charge in [-0.1, -0.05) is 25.1 Å². The minimum Gasteiger partial charge on any atom is -0.346 e. The second kappa shape index (κ2) is 10.8. The standard InChI is InChI=1S/C31H40ClN9O/c1-7-25(42)38-12-9-22(10-13-38)41-21(4)26(27-23-18-34-35-24(23)17-20(3)28(27)32)29(36-41)40-16-15-39(19-31(40,5)8-2)30-33-11-14-37(30)6/h7,11,14,17-18,22H,1,8-10,12-13,15-16,19H2,2-6H3,(H,34,35)/t31-/m0/s1. The molecular weight excluding hydrogens is 550 g/mol. The number of carbonyl (C=O) groups excluding carboxylic acids is 1. The predicted octanol–water partition coefficient (Wildman–Crippen LogP) is 5.27. The highest BCUT2D eigenvalue weighted by Crippen LogP contribution is 2.46. The summed E-state index contributed by atoms with van der Waals surface area (Å²) in [7, 11) is 2.05. The van der Waals surface area contributed by atoms with Crippen LogP contribution in [0.2, 0.25) is 5.02 Å². The van der Waals surface area contributed by atoms with Crippen LogP contribution in [-0.2, 0) is 11.8 Å². The number of hydrogen-bond acceptors (Lipinski definition) is 6. The maximum absolute atomic E-state index is 12.3. The van der Waals surface area contributed by atoms with Crippen LogP contribution < -0.4 is 9.80 Å². The van der Waals surface area contributed by atoms with Gasteiger partial charge in [-0.2, -0.15) is 10.2 Å². The van der Waals surface area contributed by atoms with E-state index >= 15 is 0 Å². The Morgan fingerprint density at radius 2 is 1.98 bits per heavy atom. The van der Waals surface area contributed by atoms with Crippen molar-refractivity contribution in [3.8, 4) is 11.1 Å². The highest BCUT2D eigenvalue weighted by Gasteiger charge is 2.41. The van der Waals surface area contributed by atoms with Gasteiger partial charge in [0.05, 0.1) is 28.3 Å². The number of imidazole rings is 1. The lowest BCUT2D eigenvalue weighted by Crippen LogP contribution is -2.61. The predicted molar refractivity (Wildman–Crippen MR) is 168 cm³/mol. The molecule has 11 heteroatoms. The molecule has 4 aromatic rings. The first kappa shape index (κ1) is 28.3. The number of piperidine rings is 1. The van der Waals surface area contributed by atoms with Gasteiger partial charge in [-0.15, -0.1) is 0 Å². The van der Waals surface area contributed by atoms with Crippen LogP contribution in [0.25, 0.3) is 22.0 Å². The summed E-state index contributed by atoms with van der Waals surface area (Å²) in [4.78, 5) is 23.7. The molecule has 0 bridgehead atoms. The molecule has 0 aliphatic carbocycles. The number of H-pyrrole nitrogens is 1. The Morgan fingerprint density at radius 1 is 1.21 bits per heavy atom. The third-order valence-corrected chi connectivity index (χ3v) is 9.90. The molecule has 10 nitrogen and oxygen atoms in total. The molecule has 0 spiro atoms. The van der Waals surface area contributed by atoms with E-state index in [-0.39, 0.29) is 17.5 Å². The SMILES string of the molecule is C=CC(=O)N1CCC(n2nc(N3CCN(c4nccn4C)C[C@]3(C)CC)c(-c3c(Cl)c(C)cc4[nH]ncc34)c2C)CC1. The lowest BCUT2D eigenvalue weighted by atomic mass is 9.91. The minimum atomic E-state index is -0.198. The lowest BCUT2D eigenvalue weighted by Gasteiger charge is -2.49. The van der Waals surface area contributed by atoms with Gasteiger partial charge in [0.15, 0.2) is 5.82 Å². The van der Waals surface area contributed by atoms with Crippen LogP contribution in [0.15, 0.2) is 37.3 Å². The van der Waals surface area contributed by atoms with Crippen molar-refractivity contribution >= 4 is 40.2 Å². The van der Waals surface area contributed by atoms with Gasteiger partial charge in [0.1, 0.15) is 0 Å². The van der Waals surface area contributed by atoms with Gasteiger partial charge in [0.2, 0.25) is 11.9 Å². The van der Waals surface area contributed by atoms with Crippen molar-refractivity contribution in [2.45, 2.75) is 58.5 Å². The molecule has 1 atom stereocenters. The molecule has 3 aromatic heterocycles. The number of nitrogens with one attached hydrogen (secondary N) is 1. The zero-order valence-corrected chi connectivity index (χ0v) is 25.9. The quantitative estimate of drug-likeness (QED) is 0.308. The van der Waals surface area contributed by atoms with Crippen molar-refractivity contribution in [2.24, 2.45) is 7.05 Å². The van der Waals surface area contributed by atoms with Crippen LogP contribution in [0.4, 0.5) is 11.8 Å². The van der Waals surface area contributed by atoms with Crippen LogP contribution in [0, 0.1) is 13.8 Å². The number of piperazine rings is 1. The summed E-state index contributed by atoms with van der Waals surface area (Å²) in [5.41, 5.74) is 4.87. The van der Waals surface area contributed by atoms with E-state index in [4.69, 9.17) is 16.7 Å². The smallest absolute Gasteiger partial charge is 0.245 e. The number of anilines is 2. The van der Waals surface area contributed by atoms with E-state index in [0.717, 1.165) is 89.0 Å². The third kappa shape index (κ3) is 4.56. The Bertz CT molecular complexity index is 1640. The summed E-state index contributed by atoms with van der Waals surface area (Å²) >= 11 is 7.15. The first-order valence-corrected chi connectivity index (χ1v) is 15.2. The topological polar surface area (TPSA) is 91.1 Å². The van der Waals surface area contributed by atoms with Gasteiger partial charge < -0.3 is 19.3 Å². The zero-order chi connectivity index (χ0) is 29.8. The molecule has 222 valence electrons. The van der Waals surface area contributed by atoms with Crippen LogP contribution in [-0.4, -0.2) is 78.6 Å². The molecule has 0 saturated carbocycles. The van der Waals surface area contributed by atoms with E-state index in [9.17, 15) is 4.79 Å². The number of aromatic amines is 1. The Hall–Kier alpha value is -3.79. The van der Waals surface area contributed by atoms with Crippen molar-refractivity contribution in [1.29, 1.82) is 0 Å². The Balaban J connectivity index is 1.48. The Labute approximate surface area is 251 Å². The lowest BCUT2D eigenvalue weighted by molar-refractivity contribution is -0.127. The number of rotatable bonds is 6. The van der Waals surface area contributed by atoms with Crippen LogP contribution >= 0.6 is 11.6 Å². The zero-order valence-electron chi connectivity index (χ0n) is 25.2. The highest BCUT2D eigenvalue weighted by molar-refractivity contribution is 6.36. The van der Waals surface area contributed by atoms with Gasteiger partial charge in [-0.25, -0.2) is 4.98 Å². The Morgan fingerprint density at radius 3 is 2.64 bits per heavy atom. The largest absolute Gasteiger partial charge is 0.346 e. The van der Waals surface area contributed by atoms with Crippen molar-refractivity contribution in [1.82, 2.24) is 34.4 Å². The van der Waals surface area contributed by atoms with Gasteiger partial charge in [-0.05, 0) is 57.7 Å². The molecule has 2 aliphatic heterocycles. The first-order valence-electron chi connectivity index (χ1n) is 14.8. The molecule has 2 aliphatic rings. The first-order chi connectivity index (χ1) is 20.2. The molecule has 1 N–H and O–H groups in total. The van der Waals surface area contributed by atoms with E-state index in [1.54, 1.807) is 0 Å². The maximum atomic E-state index is 12.3. The number of nitrogens with zero attached hydrogens (tertiary/aromatic N) is 8. The Kier molecular flexibility index (Phi) is 7.29. The number of hydrogen-bond donors (Lipinski definition) is 1. The highest BCUT2D eigenvalue weighted by atomic mass is 35.5. The molecule has 1 aromatic carbocycles. The number of benzene rings is 1. The minimum absolute atomic E-state index is 0.00907. The number of halogens is 1. The monoisotopic (exact) mass is 589 g/mol. The van der Waals surface area contributed by atoms with Crippen LogP contribution in [0.1, 0.15) is 50.4 Å². The summed E-state index contributed by atoms with van der Waals surface area (Å²) in [5, 5.41) is 14.7. The fourth-order valence-electron chi connectivity index (χ4n) is 6.81. The molecule has 2 fully saturated rings. The van der Waals surface area contributed by atoms with Crippen molar-refractivity contribution in [3.05, 3.63) is 53.6 Å². The summed E-state index contributed by atoms with van der Waals surface area (Å²) in [6, 6.07) is 2.23. The van der Waals surface area contributed by atoms with Crippen molar-refractivity contribution < 1.29 is 4.79 Å². The fraction of sp³-hybridized carbons (Fsp3) is 0.484. The van der Waals surface area contributed by atoms with Gasteiger partial charge in [0, 0.05) is 74.4 Å². The number of aryl methyl sites for hydroxylation is 2. The van der Waals surface area contributed by atoms with Gasteiger partial charge in [-0.3, -0.25) is 14.6 Å². The number of fused-ring (bicyclic) bond motifs is 1. The van der Waals surface area contributed by atoms with Gasteiger partial charge in [0.25, 0.3) is 0 Å². The summed E-state index contributed by atoms with van der Waals surface area (Å²) < 4.78 is 4.29. The summed E-state index contributed by atoms with van der Waals surface area (Å²) in [6.07, 6.45) is 9.74. The summed E-state index contributed by atoms with van der Waals surface area (Å²) in [5.74, 6) is 1.93. The van der Waals surface area contributed by atoms with Crippen LogP contribution in [0.5, 0.6) is 0 Å². The molecule has 0 unspecified atom stereocenters. The molecule has 42 heavy (non-hydrogen) atoms. The molecule has 1 amide bonds. The molecule has 0 radical (unpaired) electrons. The van der Waals surface area contributed by atoms with Gasteiger partial charge >= 0.3 is 0 Å². The van der Waals surface area contributed by atoms with Crippen molar-refractivity contribution in [3.63, 3.8) is 0 Å². The second-order valence-electron chi connectivity index (χ2n) is 12.0. The van der Waals surface area contributed by atoms with E-state index in [1.165, 1.54) is 6.08 Å². The van der Waals surface area contributed by atoms with E-state index in [0.29, 0.717) is 13.1 Å². The maximum Gasteiger partial charge on any atom is 0.245 e. The fourth-order valence-corrected chi connectivity index (χ4v) is 7.06. The van der Waals surface area contributed by atoms with Crippen molar-refractivity contribution in [2.75, 3.05) is 42.5 Å². The number of aromatic nitrogens is 6. The number of carbonyl (C=O) groups is 1. The number of amides is 1. The second-order valence-corrected chi connectivity index (χ2v) is 12.3. The van der Waals surface area contributed by atoms with E-state index in [2.05, 4.69) is 67.6 Å². The molecule has 5 heterocycles. The molecule has 6 rings (SSSR count). The summed E-state index contributed by atoms with van der Waals surface area (Å²) in [6.45, 7) is 16.3. The average molecular weight is 590 g/mol. The normalized spacial score (nSPS) is 20.1. The van der Waals surface area contributed by atoms with E-state index < -0.39 is 0 Å². The third-order valence-electron chi connectivity index (χ3n) is 9.42. The average Bonchev–Trinajstić information content (AvgIpc) is 3.72. The van der Waals surface area contributed by atoms with E-state index in [1.807, 2.05) is 37.5 Å². The number of likely N-dealkylation sites (tertiary alicyclic amines) is 1. The molecular formula is C31H40ClN9O. The van der Waals surface area contributed by atoms with Crippen LogP contribution in [0.3, 0.4) is 0 Å². The molecule has 2 saturated heterocycles.